The summed E-state index contributed by atoms with van der Waals surface area (Å²) in [5.74, 6) is -0.455. The van der Waals surface area contributed by atoms with Crippen LogP contribution in [0.5, 0.6) is 0 Å². The van der Waals surface area contributed by atoms with Crippen molar-refractivity contribution in [2.75, 3.05) is 4.72 Å². The van der Waals surface area contributed by atoms with Crippen LogP contribution in [-0.4, -0.2) is 28.1 Å². The van der Waals surface area contributed by atoms with Gasteiger partial charge in [-0.1, -0.05) is 11.6 Å². The lowest BCUT2D eigenvalue weighted by atomic mass is 10.4. The van der Waals surface area contributed by atoms with E-state index in [1.807, 2.05) is 4.72 Å². The number of hydrogen-bond acceptors (Lipinski definition) is 6. The van der Waals surface area contributed by atoms with E-state index >= 15 is 0 Å². The summed E-state index contributed by atoms with van der Waals surface area (Å²) in [7, 11) is -2.62. The number of pyridine rings is 1. The molecule has 20 heavy (non-hydrogen) atoms. The Kier molecular flexibility index (Phi) is 3.59. The van der Waals surface area contributed by atoms with Crippen molar-refractivity contribution in [2.45, 2.75) is 5.03 Å². The minimum Gasteiger partial charge on any atom is -0.258 e. The highest BCUT2D eigenvalue weighted by Crippen LogP contribution is 2.26. The van der Waals surface area contributed by atoms with Crippen molar-refractivity contribution in [3.63, 3.8) is 0 Å². The molecule has 0 saturated heterocycles. The van der Waals surface area contributed by atoms with Crippen molar-refractivity contribution in [3.8, 4) is 0 Å². The molecule has 0 aliphatic heterocycles. The Balaban J connectivity index is 2.47. The summed E-state index contributed by atoms with van der Waals surface area (Å²) in [6, 6.07) is 3.51. The minimum absolute atomic E-state index is 0.0710. The van der Waals surface area contributed by atoms with Gasteiger partial charge in [0.1, 0.15) is 5.15 Å². The van der Waals surface area contributed by atoms with Gasteiger partial charge >= 0.3 is 5.69 Å². The van der Waals surface area contributed by atoms with Crippen LogP contribution in [0.4, 0.5) is 11.5 Å². The third kappa shape index (κ3) is 2.70. The highest BCUT2D eigenvalue weighted by Gasteiger charge is 2.24. The van der Waals surface area contributed by atoms with E-state index in [0.717, 1.165) is 10.7 Å². The topological polar surface area (TPSA) is 120 Å². The molecular weight excluding hydrogens is 310 g/mol. The number of nitrogens with one attached hydrogen (secondary N) is 1. The van der Waals surface area contributed by atoms with Crippen molar-refractivity contribution in [3.05, 3.63) is 39.7 Å². The predicted molar refractivity (Wildman–Crippen MR) is 69.9 cm³/mol. The molecule has 106 valence electrons. The van der Waals surface area contributed by atoms with Gasteiger partial charge < -0.3 is 0 Å². The second-order valence-electron chi connectivity index (χ2n) is 3.66. The number of aryl methyl sites for hydroxylation is 1. The van der Waals surface area contributed by atoms with Gasteiger partial charge in [-0.25, -0.2) is 4.98 Å². The van der Waals surface area contributed by atoms with Gasteiger partial charge in [0, 0.05) is 13.1 Å². The fourth-order valence-electron chi connectivity index (χ4n) is 1.46. The first-order valence-electron chi connectivity index (χ1n) is 5.13. The molecule has 0 bridgehead atoms. The van der Waals surface area contributed by atoms with Crippen molar-refractivity contribution in [1.82, 2.24) is 14.8 Å². The van der Waals surface area contributed by atoms with E-state index in [-0.39, 0.29) is 10.2 Å². The summed E-state index contributed by atoms with van der Waals surface area (Å²) in [6.07, 6.45) is 1.29. The minimum atomic E-state index is -4.05. The van der Waals surface area contributed by atoms with Gasteiger partial charge in [0.05, 0.1) is 11.1 Å². The first kappa shape index (κ1) is 14.2. The Morgan fingerprint density at radius 3 is 2.65 bits per heavy atom. The van der Waals surface area contributed by atoms with Crippen LogP contribution in [-0.2, 0) is 17.1 Å². The average molecular weight is 318 g/mol. The lowest BCUT2D eigenvalue weighted by Gasteiger charge is -2.07. The van der Waals surface area contributed by atoms with Gasteiger partial charge in [0.15, 0.2) is 5.03 Å². The van der Waals surface area contributed by atoms with Crippen LogP contribution < -0.4 is 4.72 Å². The van der Waals surface area contributed by atoms with Gasteiger partial charge in [0.25, 0.3) is 10.0 Å². The monoisotopic (exact) mass is 317 g/mol. The zero-order valence-electron chi connectivity index (χ0n) is 10.0. The summed E-state index contributed by atoms with van der Waals surface area (Å²) in [5, 5.41) is 14.3. The van der Waals surface area contributed by atoms with E-state index in [1.165, 1.54) is 25.4 Å². The Morgan fingerprint density at radius 2 is 2.10 bits per heavy atom. The fraction of sp³-hybridized carbons (Fsp3) is 0.111. The number of halogens is 1. The molecule has 0 spiro atoms. The zero-order chi connectivity index (χ0) is 14.9. The average Bonchev–Trinajstić information content (AvgIpc) is 2.75. The number of sulfonamides is 1. The summed E-state index contributed by atoms with van der Waals surface area (Å²) in [5.41, 5.74) is -0.500. The van der Waals surface area contributed by atoms with Gasteiger partial charge in [-0.15, -0.1) is 0 Å². The number of anilines is 1. The molecule has 0 fully saturated rings. The summed E-state index contributed by atoms with van der Waals surface area (Å²) in [4.78, 5) is 13.7. The van der Waals surface area contributed by atoms with E-state index in [0.29, 0.717) is 0 Å². The quantitative estimate of drug-likeness (QED) is 0.513. The van der Waals surface area contributed by atoms with Gasteiger partial charge in [-0.3, -0.25) is 19.5 Å². The van der Waals surface area contributed by atoms with Gasteiger partial charge in [-0.2, -0.15) is 13.5 Å². The molecule has 9 nitrogen and oxygen atoms in total. The maximum atomic E-state index is 12.1. The molecule has 0 unspecified atom stereocenters. The standard InChI is InChI=1S/C9H8ClN5O4S/c1-14-8(4-5-11-14)20(18,19)13-9-6(15(16)17)2-3-7(10)12-9/h2-5H,1H3,(H,12,13). The molecule has 0 radical (unpaired) electrons. The van der Waals surface area contributed by atoms with Crippen LogP contribution in [0.25, 0.3) is 0 Å². The van der Waals surface area contributed by atoms with Crippen LogP contribution in [0.15, 0.2) is 29.4 Å². The third-order valence-corrected chi connectivity index (χ3v) is 3.94. The molecule has 0 atom stereocenters. The number of nitrogens with zero attached hydrogens (tertiary/aromatic N) is 4. The molecule has 0 aliphatic rings. The van der Waals surface area contributed by atoms with Crippen molar-refractivity contribution < 1.29 is 13.3 Å². The Morgan fingerprint density at radius 1 is 1.40 bits per heavy atom. The number of hydrogen-bond donors (Lipinski definition) is 1. The van der Waals surface area contributed by atoms with E-state index in [4.69, 9.17) is 11.6 Å². The van der Waals surface area contributed by atoms with Crippen LogP contribution in [0.3, 0.4) is 0 Å². The molecule has 0 amide bonds. The smallest absolute Gasteiger partial charge is 0.258 e. The molecular formula is C9H8ClN5O4S. The molecule has 0 aromatic carbocycles. The van der Waals surface area contributed by atoms with Crippen LogP contribution in [0, 0.1) is 10.1 Å². The van der Waals surface area contributed by atoms with Crippen LogP contribution in [0.2, 0.25) is 5.15 Å². The SMILES string of the molecule is Cn1nccc1S(=O)(=O)Nc1nc(Cl)ccc1[N+](=O)[O-]. The van der Waals surface area contributed by atoms with E-state index in [1.54, 1.807) is 0 Å². The molecule has 0 saturated carbocycles. The largest absolute Gasteiger partial charge is 0.312 e. The maximum Gasteiger partial charge on any atom is 0.312 e. The van der Waals surface area contributed by atoms with E-state index in [9.17, 15) is 18.5 Å². The second-order valence-corrected chi connectivity index (χ2v) is 5.67. The highest BCUT2D eigenvalue weighted by molar-refractivity contribution is 7.92. The second kappa shape index (κ2) is 5.06. The van der Waals surface area contributed by atoms with E-state index < -0.39 is 26.5 Å². The van der Waals surface area contributed by atoms with Crippen LogP contribution >= 0.6 is 11.6 Å². The summed E-state index contributed by atoms with van der Waals surface area (Å²) in [6.45, 7) is 0. The summed E-state index contributed by atoms with van der Waals surface area (Å²) < 4.78 is 27.3. The Bertz CT molecular complexity index is 772. The molecule has 1 N–H and O–H groups in total. The van der Waals surface area contributed by atoms with Gasteiger partial charge in [0.2, 0.25) is 5.82 Å². The Labute approximate surface area is 118 Å². The fourth-order valence-corrected chi connectivity index (χ4v) is 2.75. The molecule has 2 heterocycles. The molecule has 11 heteroatoms. The van der Waals surface area contributed by atoms with Crippen LogP contribution in [0.1, 0.15) is 0 Å². The Hall–Kier alpha value is -2.20. The molecule has 2 aromatic heterocycles. The van der Waals surface area contributed by atoms with Crippen molar-refractivity contribution >= 4 is 33.1 Å². The normalized spacial score (nSPS) is 11.3. The first-order valence-corrected chi connectivity index (χ1v) is 6.99. The zero-order valence-corrected chi connectivity index (χ0v) is 11.6. The summed E-state index contributed by atoms with van der Waals surface area (Å²) >= 11 is 5.62. The number of aromatic nitrogens is 3. The van der Waals surface area contributed by atoms with Gasteiger partial charge in [-0.05, 0) is 12.1 Å². The predicted octanol–water partition coefficient (Wildman–Crippen LogP) is 1.18. The number of nitro groups is 1. The molecule has 2 rings (SSSR count). The first-order chi connectivity index (χ1) is 9.31. The number of rotatable bonds is 4. The molecule has 2 aromatic rings. The van der Waals surface area contributed by atoms with Crippen molar-refractivity contribution in [2.24, 2.45) is 7.05 Å². The third-order valence-electron chi connectivity index (χ3n) is 2.32. The van der Waals surface area contributed by atoms with Crippen molar-refractivity contribution in [1.29, 1.82) is 0 Å². The van der Waals surface area contributed by atoms with E-state index in [2.05, 4.69) is 10.1 Å². The lowest BCUT2D eigenvalue weighted by molar-refractivity contribution is -0.384. The maximum absolute atomic E-state index is 12.1. The molecule has 0 aliphatic carbocycles. The lowest BCUT2D eigenvalue weighted by Crippen LogP contribution is -2.18. The highest BCUT2D eigenvalue weighted by atomic mass is 35.5.